The van der Waals surface area contributed by atoms with Gasteiger partial charge in [-0.1, -0.05) is 23.7 Å². The lowest BCUT2D eigenvalue weighted by Gasteiger charge is -2.47. The number of hydrogen-bond donors (Lipinski definition) is 1. The zero-order chi connectivity index (χ0) is 15.0. The molecule has 1 heterocycles. The average molecular weight is 309 g/mol. The number of morpholine rings is 1. The molecule has 2 aliphatic rings. The van der Waals surface area contributed by atoms with Crippen LogP contribution in [0.1, 0.15) is 24.0 Å². The summed E-state index contributed by atoms with van der Waals surface area (Å²) in [7, 11) is 0. The third-order valence-electron chi connectivity index (χ3n) is 4.70. The van der Waals surface area contributed by atoms with Gasteiger partial charge in [-0.2, -0.15) is 0 Å². The van der Waals surface area contributed by atoms with E-state index in [-0.39, 0.29) is 11.8 Å². The lowest BCUT2D eigenvalue weighted by atomic mass is 9.64. The predicted octanol–water partition coefficient (Wildman–Crippen LogP) is 2.07. The summed E-state index contributed by atoms with van der Waals surface area (Å²) >= 11 is 6.18. The molecule has 2 fully saturated rings. The Morgan fingerprint density at radius 3 is 2.71 bits per heavy atom. The highest BCUT2D eigenvalue weighted by molar-refractivity contribution is 6.31. The normalized spacial score (nSPS) is 29.1. The molecular formula is C16H21ClN2O2. The van der Waals surface area contributed by atoms with Crippen molar-refractivity contribution in [1.82, 2.24) is 4.90 Å². The molecule has 2 N–H and O–H groups in total. The fourth-order valence-corrected chi connectivity index (χ4v) is 3.58. The van der Waals surface area contributed by atoms with E-state index in [1.165, 1.54) is 0 Å². The van der Waals surface area contributed by atoms with E-state index in [0.29, 0.717) is 39.1 Å². The number of nitrogens with zero attached hydrogens (tertiary/aromatic N) is 1. The molecule has 1 aromatic carbocycles. The van der Waals surface area contributed by atoms with Gasteiger partial charge >= 0.3 is 0 Å². The molecule has 1 aliphatic carbocycles. The van der Waals surface area contributed by atoms with Gasteiger partial charge < -0.3 is 15.4 Å². The Balaban J connectivity index is 1.68. The smallest absolute Gasteiger partial charge is 0.226 e. The molecule has 0 aromatic heterocycles. The lowest BCUT2D eigenvalue weighted by Crippen LogP contribution is -2.55. The molecule has 1 saturated carbocycles. The number of benzene rings is 1. The first-order chi connectivity index (χ1) is 10.0. The molecule has 0 bridgehead atoms. The highest BCUT2D eigenvalue weighted by atomic mass is 35.5. The molecule has 0 atom stereocenters. The first kappa shape index (κ1) is 14.8. The maximum Gasteiger partial charge on any atom is 0.226 e. The SMILES string of the molecule is Cc1c(Cl)cccc1C1(N)CC(C(=O)N2CCOCC2)C1. The Labute approximate surface area is 130 Å². The predicted molar refractivity (Wildman–Crippen MR) is 82.2 cm³/mol. The van der Waals surface area contributed by atoms with E-state index in [1.54, 1.807) is 0 Å². The van der Waals surface area contributed by atoms with Crippen molar-refractivity contribution in [3.05, 3.63) is 34.3 Å². The zero-order valence-corrected chi connectivity index (χ0v) is 13.0. The van der Waals surface area contributed by atoms with Crippen molar-refractivity contribution >= 4 is 17.5 Å². The standard InChI is InChI=1S/C16H21ClN2O2/c1-11-13(3-2-4-14(11)17)16(18)9-12(10-16)15(20)19-5-7-21-8-6-19/h2-4,12H,5-10,18H2,1H3. The summed E-state index contributed by atoms with van der Waals surface area (Å²) in [6.07, 6.45) is 1.40. The summed E-state index contributed by atoms with van der Waals surface area (Å²) in [6, 6.07) is 5.83. The minimum absolute atomic E-state index is 0.0338. The topological polar surface area (TPSA) is 55.6 Å². The van der Waals surface area contributed by atoms with E-state index in [1.807, 2.05) is 30.0 Å². The van der Waals surface area contributed by atoms with Gasteiger partial charge in [0.2, 0.25) is 5.91 Å². The summed E-state index contributed by atoms with van der Waals surface area (Å²) < 4.78 is 5.29. The van der Waals surface area contributed by atoms with Crippen LogP contribution in [0.3, 0.4) is 0 Å². The Hall–Kier alpha value is -1.10. The summed E-state index contributed by atoms with van der Waals surface area (Å²) in [5, 5.41) is 0.736. The molecule has 1 aromatic rings. The number of ether oxygens (including phenoxy) is 1. The molecule has 0 spiro atoms. The second-order valence-corrected chi connectivity index (χ2v) is 6.52. The summed E-state index contributed by atoms with van der Waals surface area (Å²) in [4.78, 5) is 14.3. The fourth-order valence-electron chi connectivity index (χ4n) is 3.40. The highest BCUT2D eigenvalue weighted by Gasteiger charge is 2.47. The van der Waals surface area contributed by atoms with Gasteiger partial charge in [0.25, 0.3) is 0 Å². The molecule has 4 nitrogen and oxygen atoms in total. The number of carbonyl (C=O) groups is 1. The van der Waals surface area contributed by atoms with Crippen LogP contribution < -0.4 is 5.73 Å². The van der Waals surface area contributed by atoms with Crippen LogP contribution >= 0.6 is 11.6 Å². The molecule has 3 rings (SSSR count). The number of rotatable bonds is 2. The summed E-state index contributed by atoms with van der Waals surface area (Å²) in [6.45, 7) is 4.66. The quantitative estimate of drug-likeness (QED) is 0.910. The van der Waals surface area contributed by atoms with E-state index in [2.05, 4.69) is 0 Å². The van der Waals surface area contributed by atoms with Crippen molar-refractivity contribution in [1.29, 1.82) is 0 Å². The first-order valence-electron chi connectivity index (χ1n) is 7.42. The second kappa shape index (κ2) is 5.59. The minimum Gasteiger partial charge on any atom is -0.378 e. The van der Waals surface area contributed by atoms with Crippen LogP contribution in [0.5, 0.6) is 0 Å². The lowest BCUT2D eigenvalue weighted by molar-refractivity contribution is -0.145. The monoisotopic (exact) mass is 308 g/mol. The van der Waals surface area contributed by atoms with Crippen molar-refractivity contribution in [3.63, 3.8) is 0 Å². The van der Waals surface area contributed by atoms with E-state index < -0.39 is 5.54 Å². The van der Waals surface area contributed by atoms with Gasteiger partial charge in [-0.25, -0.2) is 0 Å². The van der Waals surface area contributed by atoms with Gasteiger partial charge in [-0.3, -0.25) is 4.79 Å². The van der Waals surface area contributed by atoms with Crippen molar-refractivity contribution in [2.24, 2.45) is 11.7 Å². The van der Waals surface area contributed by atoms with Crippen LogP contribution in [0.25, 0.3) is 0 Å². The van der Waals surface area contributed by atoms with Crippen LogP contribution in [0.2, 0.25) is 5.02 Å². The third-order valence-corrected chi connectivity index (χ3v) is 5.11. The van der Waals surface area contributed by atoms with E-state index in [4.69, 9.17) is 22.1 Å². The molecule has 1 saturated heterocycles. The van der Waals surface area contributed by atoms with Gasteiger partial charge in [-0.15, -0.1) is 0 Å². The summed E-state index contributed by atoms with van der Waals surface area (Å²) in [5.74, 6) is 0.255. The largest absolute Gasteiger partial charge is 0.378 e. The number of halogens is 1. The number of hydrogen-bond acceptors (Lipinski definition) is 3. The molecular weight excluding hydrogens is 288 g/mol. The first-order valence-corrected chi connectivity index (χ1v) is 7.80. The molecule has 1 aliphatic heterocycles. The Morgan fingerprint density at radius 1 is 1.38 bits per heavy atom. The van der Waals surface area contributed by atoms with Crippen LogP contribution in [-0.4, -0.2) is 37.1 Å². The highest BCUT2D eigenvalue weighted by Crippen LogP contribution is 2.46. The second-order valence-electron chi connectivity index (χ2n) is 6.11. The van der Waals surface area contributed by atoms with Gasteiger partial charge in [0.05, 0.1) is 13.2 Å². The number of nitrogens with two attached hydrogens (primary N) is 1. The van der Waals surface area contributed by atoms with Gasteiger partial charge in [0.15, 0.2) is 0 Å². The molecule has 0 unspecified atom stereocenters. The van der Waals surface area contributed by atoms with Gasteiger partial charge in [-0.05, 0) is 37.0 Å². The number of amides is 1. The van der Waals surface area contributed by atoms with Crippen molar-refractivity contribution < 1.29 is 9.53 Å². The zero-order valence-electron chi connectivity index (χ0n) is 12.3. The van der Waals surface area contributed by atoms with Gasteiger partial charge in [0.1, 0.15) is 0 Å². The van der Waals surface area contributed by atoms with Crippen molar-refractivity contribution in [3.8, 4) is 0 Å². The maximum atomic E-state index is 12.4. The number of carbonyl (C=O) groups excluding carboxylic acids is 1. The molecule has 5 heteroatoms. The molecule has 0 radical (unpaired) electrons. The van der Waals surface area contributed by atoms with Crippen LogP contribution in [0.15, 0.2) is 18.2 Å². The Morgan fingerprint density at radius 2 is 2.05 bits per heavy atom. The van der Waals surface area contributed by atoms with Crippen molar-refractivity contribution in [2.45, 2.75) is 25.3 Å². The van der Waals surface area contributed by atoms with E-state index >= 15 is 0 Å². The van der Waals surface area contributed by atoms with Gasteiger partial charge in [0, 0.05) is 29.6 Å². The average Bonchev–Trinajstić information content (AvgIpc) is 2.47. The fraction of sp³-hybridized carbons (Fsp3) is 0.562. The Bertz CT molecular complexity index is 549. The van der Waals surface area contributed by atoms with Crippen LogP contribution in [0.4, 0.5) is 0 Å². The van der Waals surface area contributed by atoms with E-state index in [9.17, 15) is 4.79 Å². The van der Waals surface area contributed by atoms with Crippen molar-refractivity contribution in [2.75, 3.05) is 26.3 Å². The Kier molecular flexibility index (Phi) is 3.95. The third kappa shape index (κ3) is 2.68. The van der Waals surface area contributed by atoms with Crippen LogP contribution in [-0.2, 0) is 15.1 Å². The molecule has 21 heavy (non-hydrogen) atoms. The van der Waals surface area contributed by atoms with Crippen LogP contribution in [0, 0.1) is 12.8 Å². The van der Waals surface area contributed by atoms with E-state index in [0.717, 1.165) is 16.1 Å². The summed E-state index contributed by atoms with van der Waals surface area (Å²) in [5.41, 5.74) is 8.18. The molecule has 114 valence electrons. The molecule has 1 amide bonds. The minimum atomic E-state index is -0.415. The maximum absolute atomic E-state index is 12.4.